The van der Waals surface area contributed by atoms with Crippen LogP contribution < -0.4 is 4.90 Å². The average Bonchev–Trinajstić information content (AvgIpc) is 3.07. The highest BCUT2D eigenvalue weighted by molar-refractivity contribution is 6.44. The molecule has 0 aromatic carbocycles. The van der Waals surface area contributed by atoms with E-state index in [0.29, 0.717) is 36.3 Å². The van der Waals surface area contributed by atoms with Crippen LogP contribution in [-0.4, -0.2) is 70.9 Å². The van der Waals surface area contributed by atoms with E-state index < -0.39 is 5.60 Å². The summed E-state index contributed by atoms with van der Waals surface area (Å²) in [6.45, 7) is 6.39. The molecule has 30 heavy (non-hydrogen) atoms. The van der Waals surface area contributed by atoms with E-state index in [9.17, 15) is 4.79 Å². The number of carbonyl (C=O) groups excluding carboxylic acids is 1. The van der Waals surface area contributed by atoms with E-state index in [0.717, 1.165) is 0 Å². The molecule has 2 atom stereocenters. The number of likely N-dealkylation sites (N-methyl/N-ethyl adjacent to an activating group) is 1. The number of carbonyl (C=O) groups is 1. The summed E-state index contributed by atoms with van der Waals surface area (Å²) in [5.41, 5.74) is -0.166. The van der Waals surface area contributed by atoms with E-state index in [2.05, 4.69) is 15.0 Å². The third-order valence-corrected chi connectivity index (χ3v) is 5.81. The number of fused-ring (bicyclic) bond motifs is 1. The van der Waals surface area contributed by atoms with Gasteiger partial charge in [-0.2, -0.15) is 4.98 Å². The predicted molar refractivity (Wildman–Crippen MR) is 118 cm³/mol. The van der Waals surface area contributed by atoms with Gasteiger partial charge in [-0.05, 0) is 38.8 Å². The SMILES string of the molecule is COC[C@@H]1[C@H](N(C)c2nc(Cl)nc3c(Cl)c(Cl)ncc23)CCN1C(=O)OC(C)(C)C. The molecule has 0 aliphatic carbocycles. The third kappa shape index (κ3) is 4.66. The van der Waals surface area contributed by atoms with Crippen LogP contribution >= 0.6 is 34.8 Å². The number of anilines is 1. The van der Waals surface area contributed by atoms with Crippen molar-refractivity contribution in [2.75, 3.05) is 32.2 Å². The van der Waals surface area contributed by atoms with Crippen LogP contribution in [0.1, 0.15) is 27.2 Å². The van der Waals surface area contributed by atoms with Gasteiger partial charge >= 0.3 is 6.09 Å². The number of amides is 1. The molecule has 0 saturated carbocycles. The van der Waals surface area contributed by atoms with Crippen LogP contribution in [0.5, 0.6) is 0 Å². The number of ether oxygens (including phenoxy) is 2. The van der Waals surface area contributed by atoms with Crippen molar-refractivity contribution in [1.29, 1.82) is 0 Å². The maximum Gasteiger partial charge on any atom is 0.410 e. The maximum atomic E-state index is 12.7. The number of likely N-dealkylation sites (tertiary alicyclic amines) is 1. The zero-order valence-electron chi connectivity index (χ0n) is 17.4. The van der Waals surface area contributed by atoms with Crippen molar-refractivity contribution in [3.05, 3.63) is 21.7 Å². The van der Waals surface area contributed by atoms with Crippen LogP contribution in [0.3, 0.4) is 0 Å². The number of rotatable bonds is 4. The summed E-state index contributed by atoms with van der Waals surface area (Å²) in [5, 5.41) is 1.01. The first-order valence-electron chi connectivity index (χ1n) is 9.42. The Bertz CT molecular complexity index is 953. The second-order valence-corrected chi connectivity index (χ2v) is 9.18. The lowest BCUT2D eigenvalue weighted by Crippen LogP contribution is -2.49. The summed E-state index contributed by atoms with van der Waals surface area (Å²) in [5.74, 6) is 0.549. The fourth-order valence-corrected chi connectivity index (χ4v) is 4.12. The lowest BCUT2D eigenvalue weighted by molar-refractivity contribution is 0.0136. The molecule has 2 aromatic rings. The second-order valence-electron chi connectivity index (χ2n) is 8.10. The summed E-state index contributed by atoms with van der Waals surface area (Å²) >= 11 is 18.5. The Morgan fingerprint density at radius 1 is 1.30 bits per heavy atom. The molecule has 1 saturated heterocycles. The van der Waals surface area contributed by atoms with Crippen molar-refractivity contribution in [2.24, 2.45) is 0 Å². The number of pyridine rings is 1. The molecular formula is C19H24Cl3N5O3. The number of halogens is 3. The predicted octanol–water partition coefficient (Wildman–Crippen LogP) is 4.45. The lowest BCUT2D eigenvalue weighted by atomic mass is 10.1. The molecule has 3 heterocycles. The van der Waals surface area contributed by atoms with Crippen molar-refractivity contribution in [3.8, 4) is 0 Å². The normalized spacial score (nSPS) is 19.4. The number of methoxy groups -OCH3 is 1. The third-order valence-electron chi connectivity index (χ3n) is 4.90. The van der Waals surface area contributed by atoms with Crippen LogP contribution in [0.15, 0.2) is 6.20 Å². The van der Waals surface area contributed by atoms with Crippen molar-refractivity contribution in [3.63, 3.8) is 0 Å². The Morgan fingerprint density at radius 2 is 2.00 bits per heavy atom. The monoisotopic (exact) mass is 475 g/mol. The molecule has 0 bridgehead atoms. The van der Waals surface area contributed by atoms with Gasteiger partial charge in [-0.3, -0.25) is 0 Å². The molecule has 3 rings (SSSR count). The molecule has 1 amide bonds. The van der Waals surface area contributed by atoms with Gasteiger partial charge in [0.1, 0.15) is 27.1 Å². The van der Waals surface area contributed by atoms with Gasteiger partial charge in [-0.25, -0.2) is 14.8 Å². The first-order chi connectivity index (χ1) is 14.0. The second kappa shape index (κ2) is 8.86. The van der Waals surface area contributed by atoms with E-state index in [4.69, 9.17) is 44.3 Å². The fourth-order valence-electron chi connectivity index (χ4n) is 3.63. The van der Waals surface area contributed by atoms with Crippen LogP contribution in [0.2, 0.25) is 15.5 Å². The minimum absolute atomic E-state index is 0.0406. The molecule has 1 aliphatic rings. The topological polar surface area (TPSA) is 80.7 Å². The number of nitrogens with zero attached hydrogens (tertiary/aromatic N) is 5. The van der Waals surface area contributed by atoms with Gasteiger partial charge in [-0.15, -0.1) is 0 Å². The molecular weight excluding hydrogens is 453 g/mol. The maximum absolute atomic E-state index is 12.7. The summed E-state index contributed by atoms with van der Waals surface area (Å²) in [7, 11) is 3.48. The molecule has 1 fully saturated rings. The van der Waals surface area contributed by atoms with Gasteiger partial charge in [0.05, 0.1) is 24.1 Å². The van der Waals surface area contributed by atoms with Gasteiger partial charge in [0.25, 0.3) is 0 Å². The zero-order valence-corrected chi connectivity index (χ0v) is 19.7. The summed E-state index contributed by atoms with van der Waals surface area (Å²) < 4.78 is 11.0. The van der Waals surface area contributed by atoms with E-state index in [1.54, 1.807) is 18.2 Å². The highest BCUT2D eigenvalue weighted by Gasteiger charge is 2.41. The Balaban J connectivity index is 1.97. The number of aromatic nitrogens is 3. The van der Waals surface area contributed by atoms with Crippen LogP contribution in [-0.2, 0) is 9.47 Å². The van der Waals surface area contributed by atoms with E-state index in [1.165, 1.54) is 0 Å². The Hall–Kier alpha value is -1.61. The van der Waals surface area contributed by atoms with Crippen LogP contribution in [0.4, 0.5) is 10.6 Å². The van der Waals surface area contributed by atoms with Crippen molar-refractivity contribution in [2.45, 2.75) is 44.9 Å². The average molecular weight is 477 g/mol. The lowest BCUT2D eigenvalue weighted by Gasteiger charge is -2.34. The first-order valence-corrected chi connectivity index (χ1v) is 10.6. The van der Waals surface area contributed by atoms with Gasteiger partial charge in [0.2, 0.25) is 5.28 Å². The molecule has 8 nitrogen and oxygen atoms in total. The smallest absolute Gasteiger partial charge is 0.410 e. The molecule has 164 valence electrons. The molecule has 0 spiro atoms. The largest absolute Gasteiger partial charge is 0.444 e. The molecule has 2 aromatic heterocycles. The Labute approximate surface area is 190 Å². The Morgan fingerprint density at radius 3 is 2.63 bits per heavy atom. The minimum atomic E-state index is -0.587. The van der Waals surface area contributed by atoms with Crippen molar-refractivity contribution in [1.82, 2.24) is 19.9 Å². The first kappa shape index (κ1) is 23.1. The Kier molecular flexibility index (Phi) is 6.81. The van der Waals surface area contributed by atoms with Gasteiger partial charge in [0.15, 0.2) is 0 Å². The molecule has 0 N–H and O–H groups in total. The molecule has 0 unspecified atom stereocenters. The van der Waals surface area contributed by atoms with E-state index >= 15 is 0 Å². The number of hydrogen-bond donors (Lipinski definition) is 0. The zero-order chi connectivity index (χ0) is 22.2. The highest BCUT2D eigenvalue weighted by Crippen LogP contribution is 2.35. The standard InChI is InChI=1S/C19H24Cl3N5O3/c1-19(2,3)30-18(28)27-7-6-11(12(27)9-29-5)26(4)16-10-8-23-15(21)13(20)14(10)24-17(22)25-16/h8,11-12H,6-7,9H2,1-5H3/t11-,12-/m1/s1. The van der Waals surface area contributed by atoms with Gasteiger partial charge in [0, 0.05) is 26.9 Å². The van der Waals surface area contributed by atoms with Gasteiger partial charge in [-0.1, -0.05) is 23.2 Å². The minimum Gasteiger partial charge on any atom is -0.444 e. The van der Waals surface area contributed by atoms with E-state index in [-0.39, 0.29) is 33.6 Å². The molecule has 0 radical (unpaired) electrons. The molecule has 1 aliphatic heterocycles. The molecule has 11 heteroatoms. The van der Waals surface area contributed by atoms with Crippen molar-refractivity contribution < 1.29 is 14.3 Å². The van der Waals surface area contributed by atoms with Crippen LogP contribution in [0.25, 0.3) is 10.9 Å². The summed E-state index contributed by atoms with van der Waals surface area (Å²) in [6.07, 6.45) is 1.89. The van der Waals surface area contributed by atoms with E-state index in [1.807, 2.05) is 32.7 Å². The summed E-state index contributed by atoms with van der Waals surface area (Å²) in [6, 6.07) is -0.338. The number of hydrogen-bond acceptors (Lipinski definition) is 7. The van der Waals surface area contributed by atoms with Gasteiger partial charge < -0.3 is 19.3 Å². The highest BCUT2D eigenvalue weighted by atomic mass is 35.5. The van der Waals surface area contributed by atoms with Crippen LogP contribution in [0, 0.1) is 0 Å². The quantitative estimate of drug-likeness (QED) is 0.476. The fraction of sp³-hybridized carbons (Fsp3) is 0.579. The van der Waals surface area contributed by atoms with Crippen molar-refractivity contribution >= 4 is 57.6 Å². The summed E-state index contributed by atoms with van der Waals surface area (Å²) in [4.78, 5) is 29.1.